The highest BCUT2D eigenvalue weighted by atomic mass is 32.1. The number of rotatable bonds is 6. The number of nitrogens with zero attached hydrogens (tertiary/aromatic N) is 9. The minimum atomic E-state index is -0.833. The van der Waals surface area contributed by atoms with Crippen LogP contribution in [0.15, 0.2) is 98.2 Å². The van der Waals surface area contributed by atoms with Crippen molar-refractivity contribution >= 4 is 100 Å². The van der Waals surface area contributed by atoms with Crippen molar-refractivity contribution in [1.29, 1.82) is 0 Å². The van der Waals surface area contributed by atoms with Crippen LogP contribution in [0, 0.1) is 5.95 Å². The number of likely N-dealkylation sites (tertiary alicyclic amines) is 2. The van der Waals surface area contributed by atoms with Crippen molar-refractivity contribution < 1.29 is 42.6 Å². The molecule has 24 heteroatoms. The van der Waals surface area contributed by atoms with E-state index in [9.17, 15) is 18.8 Å². The Morgan fingerprint density at radius 2 is 1.08 bits per heavy atom. The molecule has 10 aromatic heterocycles. The molecule has 76 heavy (non-hydrogen) atoms. The monoisotopic (exact) mass is 1070 g/mol. The van der Waals surface area contributed by atoms with Gasteiger partial charge in [-0.15, -0.1) is 22.7 Å². The number of hydrogen-bond acceptors (Lipinski definition) is 16. The maximum absolute atomic E-state index is 14.1. The van der Waals surface area contributed by atoms with Gasteiger partial charge in [0.15, 0.2) is 22.8 Å². The number of nitrogens with two attached hydrogens (primary N) is 2. The second kappa shape index (κ2) is 22.0. The molecule has 0 radical (unpaired) electrons. The largest absolute Gasteiger partial charge is 0.481 e. The fourth-order valence-corrected chi connectivity index (χ4v) is 11.2. The van der Waals surface area contributed by atoms with Crippen molar-refractivity contribution in [3.63, 3.8) is 0 Å². The minimum Gasteiger partial charge on any atom is -0.481 e. The number of nitrogens with one attached hydrogen (secondary N) is 1. The molecule has 2 fully saturated rings. The van der Waals surface area contributed by atoms with E-state index in [0.29, 0.717) is 43.7 Å². The number of halogens is 1. The summed E-state index contributed by atoms with van der Waals surface area (Å²) >= 11 is 2.67. The lowest BCUT2D eigenvalue weighted by atomic mass is 10.0. The fraction of sp³-hybridized carbons (Fsp3) is 0.269. The Bertz CT molecular complexity index is 3830. The van der Waals surface area contributed by atoms with Crippen LogP contribution in [0.5, 0.6) is 0 Å². The lowest BCUT2D eigenvalue weighted by Gasteiger charge is -2.31. The molecule has 2 aliphatic heterocycles. The summed E-state index contributed by atoms with van der Waals surface area (Å²) in [7, 11) is 0. The lowest BCUT2D eigenvalue weighted by Crippen LogP contribution is -2.37. The molecular weight excluding hydrogens is 1020 g/mol. The number of fused-ring (bicyclic) bond motifs is 4. The molecule has 0 spiro atoms. The van der Waals surface area contributed by atoms with Gasteiger partial charge in [-0.05, 0) is 49.9 Å². The first-order valence-corrected chi connectivity index (χ1v) is 25.7. The number of pyridine rings is 4. The fourth-order valence-electron chi connectivity index (χ4n) is 9.34. The summed E-state index contributed by atoms with van der Waals surface area (Å²) in [6.07, 6.45) is 17.7. The van der Waals surface area contributed by atoms with Gasteiger partial charge in [0.2, 0.25) is 17.8 Å². The maximum Gasteiger partial charge on any atom is 0.300 e. The standard InChI is InChI=1S/C24H21FN6O2S.C24H22N6O3S.2C2H4O2/c1-13(32)30-6-3-15(4-7-30)31-11-14(9-29-31)18-10-28-24(26)21-17(18)8-20(33-21)19-12-34-22-16(19)2-5-27-23(22)25;1-13(31)29-6-3-15(4-7-29)30-11-14(9-28-30)18-10-27-23(25)21-17(18)8-20(33-21)19-12-34-22-16(19)2-5-26-24(22)32;2*1-2(3)4/h2,5,8-12,15H,3-4,6-7H2,1H3,(H2,26,28);2,5,8-12,15H,3-4,6-7H2,1H3,(H2,25,27)(H,26,32);2*1H3,(H,3,4). The van der Waals surface area contributed by atoms with Crippen molar-refractivity contribution in [1.82, 2.24) is 49.3 Å². The predicted octanol–water partition coefficient (Wildman–Crippen LogP) is 9.08. The summed E-state index contributed by atoms with van der Waals surface area (Å²) in [6, 6.07) is 8.01. The van der Waals surface area contributed by atoms with Gasteiger partial charge in [-0.25, -0.2) is 15.0 Å². The molecule has 2 aliphatic rings. The van der Waals surface area contributed by atoms with E-state index >= 15 is 0 Å². The number of carboxylic acid groups (broad SMARTS) is 2. The van der Waals surface area contributed by atoms with Gasteiger partial charge in [-0.3, -0.25) is 33.3 Å². The average molecular weight is 1070 g/mol. The van der Waals surface area contributed by atoms with Crippen LogP contribution < -0.4 is 17.0 Å². The van der Waals surface area contributed by atoms with Crippen LogP contribution in [0.4, 0.5) is 16.0 Å². The minimum absolute atomic E-state index is 0.114. The molecule has 2 amide bonds. The van der Waals surface area contributed by atoms with Gasteiger partial charge in [0.1, 0.15) is 16.2 Å². The summed E-state index contributed by atoms with van der Waals surface area (Å²) in [4.78, 5) is 72.3. The van der Waals surface area contributed by atoms with Crippen LogP contribution in [-0.2, 0) is 19.2 Å². The zero-order valence-corrected chi connectivity index (χ0v) is 43.2. The Morgan fingerprint density at radius 1 is 0.645 bits per heavy atom. The molecule has 2 saturated heterocycles. The van der Waals surface area contributed by atoms with Crippen molar-refractivity contribution in [2.45, 2.75) is 65.5 Å². The average Bonchev–Trinajstić information content (AvgIpc) is 4.26. The molecule has 0 atom stereocenters. The molecule has 12 heterocycles. The zero-order chi connectivity index (χ0) is 53.9. The highest BCUT2D eigenvalue weighted by molar-refractivity contribution is 7.18. The third-order valence-corrected chi connectivity index (χ3v) is 15.0. The molecule has 7 N–H and O–H groups in total. The van der Waals surface area contributed by atoms with Gasteiger partial charge in [-0.2, -0.15) is 14.6 Å². The summed E-state index contributed by atoms with van der Waals surface area (Å²) in [5.74, 6) is -0.0912. The quantitative estimate of drug-likeness (QED) is 0.0970. The molecule has 0 saturated carbocycles. The van der Waals surface area contributed by atoms with Gasteiger partial charge in [0.25, 0.3) is 17.5 Å². The van der Waals surface area contributed by atoms with Gasteiger partial charge < -0.3 is 45.3 Å². The number of amides is 2. The molecule has 0 aromatic carbocycles. The number of anilines is 2. The number of hydrogen-bond donors (Lipinski definition) is 5. The number of thiophene rings is 2. The second-order valence-electron chi connectivity index (χ2n) is 18.1. The van der Waals surface area contributed by atoms with Crippen LogP contribution in [-0.4, -0.2) is 109 Å². The SMILES string of the molecule is CC(=O)N1CCC(n2cc(-c3cnc(N)c4oc(-c5csc6c(=O)[nH]ccc56)cc34)cn2)CC1.CC(=O)N1CCC(n2cc(-c3cnc(N)c4oc(-c5csc6c(F)nccc56)cc34)cn2)CC1.CC(=O)O.CC(=O)O. The number of carboxylic acids is 2. The van der Waals surface area contributed by atoms with Crippen molar-refractivity contribution in [3.05, 3.63) is 101 Å². The van der Waals surface area contributed by atoms with Gasteiger partial charge in [0, 0.05) is 157 Å². The normalized spacial score (nSPS) is 14.0. The Labute approximate surface area is 439 Å². The molecular formula is C52H51FN12O9S2. The van der Waals surface area contributed by atoms with Crippen molar-refractivity contribution in [3.8, 4) is 44.9 Å². The predicted molar refractivity (Wildman–Crippen MR) is 287 cm³/mol. The topological polar surface area (TPSA) is 301 Å². The van der Waals surface area contributed by atoms with Gasteiger partial charge in [0.05, 0.1) is 29.2 Å². The Hall–Kier alpha value is -8.77. The third-order valence-electron chi connectivity index (χ3n) is 13.0. The van der Waals surface area contributed by atoms with Crippen LogP contribution >= 0.6 is 22.7 Å². The molecule has 0 bridgehead atoms. The van der Waals surface area contributed by atoms with Crippen LogP contribution in [0.2, 0.25) is 0 Å². The summed E-state index contributed by atoms with van der Waals surface area (Å²) < 4.78 is 31.5. The van der Waals surface area contributed by atoms with E-state index in [0.717, 1.165) is 121 Å². The van der Waals surface area contributed by atoms with Crippen LogP contribution in [0.1, 0.15) is 65.5 Å². The maximum atomic E-state index is 14.1. The number of carbonyl (C=O) groups excluding carboxylic acids is 2. The van der Waals surface area contributed by atoms with Crippen LogP contribution in [0.25, 0.3) is 87.0 Å². The highest BCUT2D eigenvalue weighted by Crippen LogP contribution is 2.42. The summed E-state index contributed by atoms with van der Waals surface area (Å²) in [6.45, 7) is 8.34. The third kappa shape index (κ3) is 10.9. The van der Waals surface area contributed by atoms with Gasteiger partial charge in [-0.1, -0.05) is 0 Å². The first kappa shape index (κ1) is 52.1. The van der Waals surface area contributed by atoms with Gasteiger partial charge >= 0.3 is 0 Å². The summed E-state index contributed by atoms with van der Waals surface area (Å²) in [5.41, 5.74) is 18.4. The van der Waals surface area contributed by atoms with E-state index in [2.05, 4.69) is 30.1 Å². The van der Waals surface area contributed by atoms with E-state index < -0.39 is 17.9 Å². The van der Waals surface area contributed by atoms with Crippen molar-refractivity contribution in [2.24, 2.45) is 0 Å². The molecule has 0 aliphatic carbocycles. The number of aliphatic carboxylic acids is 2. The van der Waals surface area contributed by atoms with Crippen molar-refractivity contribution in [2.75, 3.05) is 37.6 Å². The first-order valence-electron chi connectivity index (χ1n) is 23.9. The van der Waals surface area contributed by atoms with E-state index in [1.54, 1.807) is 38.5 Å². The molecule has 0 unspecified atom stereocenters. The summed E-state index contributed by atoms with van der Waals surface area (Å²) in [5, 5.41) is 31.1. The number of nitrogen functional groups attached to an aromatic ring is 2. The highest BCUT2D eigenvalue weighted by Gasteiger charge is 2.26. The zero-order valence-electron chi connectivity index (χ0n) is 41.5. The molecule has 10 aromatic rings. The number of piperidine rings is 2. The van der Waals surface area contributed by atoms with E-state index in [-0.39, 0.29) is 29.5 Å². The Kier molecular flexibility index (Phi) is 15.1. The second-order valence-corrected chi connectivity index (χ2v) is 19.8. The van der Waals surface area contributed by atoms with E-state index in [1.807, 2.05) is 72.9 Å². The molecule has 12 rings (SSSR count). The number of furan rings is 2. The number of carbonyl (C=O) groups is 4. The Balaban J connectivity index is 0.000000163. The first-order chi connectivity index (χ1) is 36.4. The number of aromatic amines is 1. The number of H-pyrrole nitrogens is 1. The van der Waals surface area contributed by atoms with E-state index in [4.69, 9.17) is 40.1 Å². The Morgan fingerprint density at radius 3 is 1.53 bits per heavy atom. The molecule has 21 nitrogen and oxygen atoms in total. The number of aromatic nitrogens is 8. The smallest absolute Gasteiger partial charge is 0.300 e. The van der Waals surface area contributed by atoms with Crippen LogP contribution in [0.3, 0.4) is 0 Å². The molecule has 392 valence electrons. The lowest BCUT2D eigenvalue weighted by molar-refractivity contribution is -0.135. The van der Waals surface area contributed by atoms with E-state index in [1.165, 1.54) is 28.9 Å².